The molecule has 0 bridgehead atoms. The Morgan fingerprint density at radius 1 is 1.36 bits per heavy atom. The molecule has 0 aliphatic carbocycles. The molecule has 0 aromatic carbocycles. The van der Waals surface area contributed by atoms with Gasteiger partial charge in [0, 0.05) is 18.6 Å². The van der Waals surface area contributed by atoms with Crippen molar-refractivity contribution in [3.05, 3.63) is 45.5 Å². The number of carbonyl (C=O) groups is 1. The average molecular weight is 471 g/mol. The van der Waals surface area contributed by atoms with E-state index in [9.17, 15) is 31.9 Å². The first kappa shape index (κ1) is 22.3. The fourth-order valence-corrected chi connectivity index (χ4v) is 3.34. The molecular formula is C18H17F4N7O4. The van der Waals surface area contributed by atoms with E-state index in [-0.39, 0.29) is 22.6 Å². The highest BCUT2D eigenvalue weighted by Crippen LogP contribution is 2.35. The summed E-state index contributed by atoms with van der Waals surface area (Å²) in [4.78, 5) is 44.9. The average Bonchev–Trinajstić information content (AvgIpc) is 3.31. The first-order valence-corrected chi connectivity index (χ1v) is 9.60. The molecule has 4 rings (SSSR count). The maximum Gasteiger partial charge on any atom is 0.408 e. The molecule has 1 amide bonds. The van der Waals surface area contributed by atoms with Crippen molar-refractivity contribution in [2.75, 3.05) is 18.0 Å². The third-order valence-electron chi connectivity index (χ3n) is 5.01. The zero-order valence-corrected chi connectivity index (χ0v) is 16.9. The van der Waals surface area contributed by atoms with Crippen LogP contribution in [0.25, 0.3) is 16.9 Å². The van der Waals surface area contributed by atoms with E-state index >= 15 is 0 Å². The summed E-state index contributed by atoms with van der Waals surface area (Å²) in [6.07, 6.45) is -2.27. The fraction of sp³-hybridized carbons (Fsp3) is 0.389. The number of ether oxygens (including phenoxy) is 1. The van der Waals surface area contributed by atoms with E-state index < -0.39 is 54.9 Å². The zero-order chi connectivity index (χ0) is 23.9. The molecular weight excluding hydrogens is 454 g/mol. The summed E-state index contributed by atoms with van der Waals surface area (Å²) < 4.78 is 60.4. The third-order valence-corrected chi connectivity index (χ3v) is 5.01. The molecule has 0 radical (unpaired) electrons. The van der Waals surface area contributed by atoms with Crippen LogP contribution < -0.4 is 21.5 Å². The fourth-order valence-electron chi connectivity index (χ4n) is 3.34. The van der Waals surface area contributed by atoms with Gasteiger partial charge < -0.3 is 19.9 Å². The number of halogens is 4. The Labute approximate surface area is 181 Å². The monoisotopic (exact) mass is 471 g/mol. The number of rotatable bonds is 5. The standard InChI is InChI=1S/C18H17F4N7O4/c1-8(13(19)20)25-17(32)33-12-6-28(7-18(12,21)22)11-4-10(27-29-3-2-23-14(11)29)9-5-24-16(31)26-15(9)30/h2-5,8,12-13H,6-7H2,1H3,(H,25,32)(H2,24,26,30,31). The Bertz CT molecular complexity index is 1300. The topological polar surface area (TPSA) is 137 Å². The number of aromatic amines is 2. The minimum atomic E-state index is -3.51. The van der Waals surface area contributed by atoms with Gasteiger partial charge in [0.1, 0.15) is 5.69 Å². The molecule has 3 aromatic heterocycles. The van der Waals surface area contributed by atoms with E-state index in [4.69, 9.17) is 4.74 Å². The molecule has 2 atom stereocenters. The number of imidazole rings is 1. The van der Waals surface area contributed by atoms with Crippen molar-refractivity contribution in [2.45, 2.75) is 31.4 Å². The maximum atomic E-state index is 14.6. The van der Waals surface area contributed by atoms with Gasteiger partial charge in [-0.2, -0.15) is 5.10 Å². The number of H-pyrrole nitrogens is 2. The predicted octanol–water partition coefficient (Wildman–Crippen LogP) is 0.977. The highest BCUT2D eigenvalue weighted by molar-refractivity contribution is 5.75. The molecule has 2 unspecified atom stereocenters. The van der Waals surface area contributed by atoms with Gasteiger partial charge >= 0.3 is 17.7 Å². The summed E-state index contributed by atoms with van der Waals surface area (Å²) in [5.41, 5.74) is -1.09. The molecule has 0 spiro atoms. The number of amides is 1. The van der Waals surface area contributed by atoms with Gasteiger partial charge in [0.2, 0.25) is 0 Å². The molecule has 1 fully saturated rings. The van der Waals surface area contributed by atoms with Crippen molar-refractivity contribution in [1.29, 1.82) is 0 Å². The van der Waals surface area contributed by atoms with Gasteiger partial charge in [0.15, 0.2) is 11.8 Å². The van der Waals surface area contributed by atoms with Crippen molar-refractivity contribution in [3.63, 3.8) is 0 Å². The lowest BCUT2D eigenvalue weighted by Crippen LogP contribution is -2.43. The number of carbonyl (C=O) groups excluding carboxylic acids is 1. The van der Waals surface area contributed by atoms with Gasteiger partial charge in [-0.3, -0.25) is 9.78 Å². The van der Waals surface area contributed by atoms with E-state index in [1.807, 2.05) is 5.32 Å². The molecule has 33 heavy (non-hydrogen) atoms. The molecule has 0 saturated carbocycles. The van der Waals surface area contributed by atoms with Crippen molar-refractivity contribution < 1.29 is 27.1 Å². The highest BCUT2D eigenvalue weighted by Gasteiger charge is 2.51. The quantitative estimate of drug-likeness (QED) is 0.472. The maximum absolute atomic E-state index is 14.6. The number of nitrogens with zero attached hydrogens (tertiary/aromatic N) is 4. The molecule has 1 aliphatic heterocycles. The van der Waals surface area contributed by atoms with Crippen molar-refractivity contribution >= 4 is 17.4 Å². The zero-order valence-electron chi connectivity index (χ0n) is 16.9. The first-order valence-electron chi connectivity index (χ1n) is 9.60. The number of hydrogen-bond acceptors (Lipinski definition) is 7. The van der Waals surface area contributed by atoms with Crippen molar-refractivity contribution in [1.82, 2.24) is 29.9 Å². The van der Waals surface area contributed by atoms with Crippen LogP contribution in [-0.4, -0.2) is 68.2 Å². The second-order valence-corrected chi connectivity index (χ2v) is 7.40. The number of hydrogen-bond donors (Lipinski definition) is 3. The molecule has 1 saturated heterocycles. The Morgan fingerprint density at radius 3 is 2.82 bits per heavy atom. The van der Waals surface area contributed by atoms with Gasteiger partial charge in [-0.1, -0.05) is 0 Å². The van der Waals surface area contributed by atoms with Crippen LogP contribution in [0.4, 0.5) is 28.0 Å². The van der Waals surface area contributed by atoms with E-state index in [1.165, 1.54) is 27.9 Å². The molecule has 176 valence electrons. The minimum absolute atomic E-state index is 0.0226. The second-order valence-electron chi connectivity index (χ2n) is 7.40. The van der Waals surface area contributed by atoms with Crippen LogP contribution >= 0.6 is 0 Å². The summed E-state index contributed by atoms with van der Waals surface area (Å²) in [7, 11) is 0. The minimum Gasteiger partial charge on any atom is -0.438 e. The first-order chi connectivity index (χ1) is 15.5. The highest BCUT2D eigenvalue weighted by atomic mass is 19.3. The van der Waals surface area contributed by atoms with Crippen LogP contribution in [-0.2, 0) is 4.74 Å². The normalized spacial score (nSPS) is 18.6. The molecule has 11 nitrogen and oxygen atoms in total. The van der Waals surface area contributed by atoms with Gasteiger partial charge in [-0.15, -0.1) is 0 Å². The molecule has 3 N–H and O–H groups in total. The lowest BCUT2D eigenvalue weighted by molar-refractivity contribution is -0.0774. The Morgan fingerprint density at radius 2 is 2.12 bits per heavy atom. The van der Waals surface area contributed by atoms with E-state index in [0.717, 1.165) is 13.1 Å². The van der Waals surface area contributed by atoms with Crippen LogP contribution in [0.3, 0.4) is 0 Å². The van der Waals surface area contributed by atoms with Crippen LogP contribution in [0.5, 0.6) is 0 Å². The summed E-state index contributed by atoms with van der Waals surface area (Å²) in [5.74, 6) is -3.51. The van der Waals surface area contributed by atoms with Crippen LogP contribution in [0.1, 0.15) is 6.92 Å². The molecule has 4 heterocycles. The number of anilines is 1. The smallest absolute Gasteiger partial charge is 0.408 e. The lowest BCUT2D eigenvalue weighted by Gasteiger charge is -2.20. The molecule has 15 heteroatoms. The second kappa shape index (κ2) is 8.22. The van der Waals surface area contributed by atoms with Crippen LogP contribution in [0, 0.1) is 0 Å². The number of fused-ring (bicyclic) bond motifs is 1. The summed E-state index contributed by atoms with van der Waals surface area (Å²) >= 11 is 0. The predicted molar refractivity (Wildman–Crippen MR) is 106 cm³/mol. The summed E-state index contributed by atoms with van der Waals surface area (Å²) in [5, 5.41) is 6.02. The lowest BCUT2D eigenvalue weighted by atomic mass is 10.2. The van der Waals surface area contributed by atoms with Gasteiger partial charge in [0.05, 0.1) is 30.4 Å². The van der Waals surface area contributed by atoms with E-state index in [2.05, 4.69) is 20.1 Å². The largest absolute Gasteiger partial charge is 0.438 e. The van der Waals surface area contributed by atoms with Crippen molar-refractivity contribution in [3.8, 4) is 11.3 Å². The molecule has 3 aromatic rings. The van der Waals surface area contributed by atoms with E-state index in [1.54, 1.807) is 0 Å². The van der Waals surface area contributed by atoms with Crippen LogP contribution in [0.15, 0.2) is 34.2 Å². The van der Waals surface area contributed by atoms with Gasteiger partial charge in [-0.05, 0) is 13.0 Å². The van der Waals surface area contributed by atoms with Gasteiger partial charge in [0.25, 0.3) is 12.0 Å². The number of nitrogens with one attached hydrogen (secondary N) is 3. The third kappa shape index (κ3) is 4.38. The number of alkyl carbamates (subject to hydrolysis) is 1. The Hall–Kier alpha value is -3.91. The van der Waals surface area contributed by atoms with Crippen molar-refractivity contribution in [2.24, 2.45) is 0 Å². The van der Waals surface area contributed by atoms with Crippen LogP contribution in [0.2, 0.25) is 0 Å². The number of alkyl halides is 4. The SMILES string of the molecule is CC(NC(=O)OC1CN(c2cc(-c3c[nH]c(=O)[nH]c3=O)nn3ccnc23)CC1(F)F)C(F)F. The Kier molecular flexibility index (Phi) is 5.55. The summed E-state index contributed by atoms with van der Waals surface area (Å²) in [6.45, 7) is -0.336. The Balaban J connectivity index is 1.65. The number of aromatic nitrogens is 5. The molecule has 1 aliphatic rings. The van der Waals surface area contributed by atoms with E-state index in [0.29, 0.717) is 0 Å². The van der Waals surface area contributed by atoms with Gasteiger partial charge in [-0.25, -0.2) is 36.7 Å². The summed E-state index contributed by atoms with van der Waals surface area (Å²) in [6, 6.07) is -0.242.